The number of piperazine rings is 1. The fourth-order valence-corrected chi connectivity index (χ4v) is 2.80. The number of amides is 2. The van der Waals surface area contributed by atoms with Crippen molar-refractivity contribution in [2.75, 3.05) is 31.1 Å². The van der Waals surface area contributed by atoms with Gasteiger partial charge in [-0.05, 0) is 24.6 Å². The van der Waals surface area contributed by atoms with Crippen LogP contribution in [0.4, 0.5) is 10.5 Å². The summed E-state index contributed by atoms with van der Waals surface area (Å²) in [5.41, 5.74) is 2.09. The molecule has 0 radical (unpaired) electrons. The number of urea groups is 1. The van der Waals surface area contributed by atoms with Crippen LogP contribution in [0.3, 0.4) is 0 Å². The Labute approximate surface area is 112 Å². The zero-order valence-electron chi connectivity index (χ0n) is 11.0. The number of benzene rings is 1. The number of hydrogen-bond acceptors (Lipinski definition) is 3. The number of nitrogens with one attached hydrogen (secondary N) is 1. The van der Waals surface area contributed by atoms with E-state index in [2.05, 4.69) is 10.2 Å². The first kappa shape index (κ1) is 12.3. The second-order valence-electron chi connectivity index (χ2n) is 5.25. The number of nitrogens with zero attached hydrogens (tertiary/aromatic N) is 2. The molecule has 2 amide bonds. The van der Waals surface area contributed by atoms with Crippen molar-refractivity contribution in [1.82, 2.24) is 10.2 Å². The van der Waals surface area contributed by atoms with Gasteiger partial charge in [0.15, 0.2) is 0 Å². The Kier molecular flexibility index (Phi) is 3.06. The summed E-state index contributed by atoms with van der Waals surface area (Å²) in [5.74, 6) is 0. The van der Waals surface area contributed by atoms with Crippen LogP contribution in [-0.4, -0.2) is 48.3 Å². The smallest absolute Gasteiger partial charge is 0.317 e. The maximum atomic E-state index is 11.5. The van der Waals surface area contributed by atoms with Crippen molar-refractivity contribution in [3.8, 4) is 0 Å². The van der Waals surface area contributed by atoms with E-state index in [-0.39, 0.29) is 12.1 Å². The number of anilines is 1. The van der Waals surface area contributed by atoms with Gasteiger partial charge in [-0.15, -0.1) is 0 Å². The van der Waals surface area contributed by atoms with Gasteiger partial charge in [-0.25, -0.2) is 4.79 Å². The molecule has 0 spiro atoms. The van der Waals surface area contributed by atoms with E-state index in [0.717, 1.165) is 37.4 Å². The second kappa shape index (κ2) is 4.74. The monoisotopic (exact) mass is 261 g/mol. The van der Waals surface area contributed by atoms with E-state index in [1.54, 1.807) is 6.92 Å². The van der Waals surface area contributed by atoms with Crippen LogP contribution >= 0.6 is 0 Å². The fourth-order valence-electron chi connectivity index (χ4n) is 2.80. The number of carbonyl (C=O) groups excluding carboxylic acids is 1. The summed E-state index contributed by atoms with van der Waals surface area (Å²) in [5, 5.41) is 12.4. The summed E-state index contributed by atoms with van der Waals surface area (Å²) in [6.45, 7) is 5.00. The van der Waals surface area contributed by atoms with Gasteiger partial charge in [0.1, 0.15) is 0 Å². The number of aliphatic hydroxyl groups is 1. The highest BCUT2D eigenvalue weighted by Crippen LogP contribution is 2.23. The lowest BCUT2D eigenvalue weighted by Crippen LogP contribution is -2.52. The van der Waals surface area contributed by atoms with E-state index >= 15 is 0 Å². The Hall–Kier alpha value is -1.75. The quantitative estimate of drug-likeness (QED) is 0.833. The van der Waals surface area contributed by atoms with Crippen LogP contribution in [-0.2, 0) is 0 Å². The number of fused-ring (bicyclic) bond motifs is 1. The van der Waals surface area contributed by atoms with Crippen molar-refractivity contribution < 1.29 is 9.90 Å². The molecule has 2 aliphatic heterocycles. The molecule has 0 aromatic heterocycles. The van der Waals surface area contributed by atoms with Crippen LogP contribution in [0.25, 0.3) is 0 Å². The first-order valence-corrected chi connectivity index (χ1v) is 6.72. The van der Waals surface area contributed by atoms with E-state index in [0.29, 0.717) is 0 Å². The molecule has 1 aromatic carbocycles. The molecule has 3 rings (SSSR count). The Morgan fingerprint density at radius 2 is 2.05 bits per heavy atom. The Morgan fingerprint density at radius 3 is 2.74 bits per heavy atom. The molecule has 0 bridgehead atoms. The highest BCUT2D eigenvalue weighted by molar-refractivity contribution is 5.77. The lowest BCUT2D eigenvalue weighted by molar-refractivity contribution is 0.197. The van der Waals surface area contributed by atoms with Gasteiger partial charge in [0.2, 0.25) is 0 Å². The summed E-state index contributed by atoms with van der Waals surface area (Å²) in [4.78, 5) is 15.8. The van der Waals surface area contributed by atoms with Gasteiger partial charge in [0.25, 0.3) is 0 Å². The lowest BCUT2D eigenvalue weighted by Gasteiger charge is -2.37. The highest BCUT2D eigenvalue weighted by atomic mass is 16.3. The molecular formula is C14H19N3O2. The first-order valence-electron chi connectivity index (χ1n) is 6.72. The maximum Gasteiger partial charge on any atom is 0.317 e. The summed E-state index contributed by atoms with van der Waals surface area (Å²) >= 11 is 0. The molecule has 19 heavy (non-hydrogen) atoms. The third kappa shape index (κ3) is 2.26. The molecule has 102 valence electrons. The lowest BCUT2D eigenvalue weighted by atomic mass is 10.1. The molecule has 0 saturated carbocycles. The van der Waals surface area contributed by atoms with Gasteiger partial charge in [0.05, 0.1) is 12.1 Å². The molecule has 2 atom stereocenters. The Balaban J connectivity index is 1.71. The predicted octanol–water partition coefficient (Wildman–Crippen LogP) is 0.954. The number of hydrogen-bond donors (Lipinski definition) is 2. The van der Waals surface area contributed by atoms with Crippen molar-refractivity contribution in [2.45, 2.75) is 19.1 Å². The molecule has 2 aliphatic rings. The van der Waals surface area contributed by atoms with Crippen LogP contribution in [0.15, 0.2) is 24.3 Å². The normalized spacial score (nSPS) is 24.1. The maximum absolute atomic E-state index is 11.5. The minimum absolute atomic E-state index is 0.0640. The summed E-state index contributed by atoms with van der Waals surface area (Å²) < 4.78 is 0. The van der Waals surface area contributed by atoms with Crippen molar-refractivity contribution in [1.29, 1.82) is 0 Å². The van der Waals surface area contributed by atoms with Gasteiger partial charge in [-0.3, -0.25) is 0 Å². The molecular weight excluding hydrogens is 242 g/mol. The largest absolute Gasteiger partial charge is 0.389 e. The number of aliphatic hydroxyl groups excluding tert-OH is 1. The van der Waals surface area contributed by atoms with Crippen LogP contribution in [0, 0.1) is 0 Å². The van der Waals surface area contributed by atoms with E-state index in [1.165, 1.54) is 0 Å². The molecule has 2 fully saturated rings. The fraction of sp³-hybridized carbons (Fsp3) is 0.500. The zero-order chi connectivity index (χ0) is 13.4. The summed E-state index contributed by atoms with van der Waals surface area (Å²) in [7, 11) is 0. The molecule has 0 aliphatic carbocycles. The van der Waals surface area contributed by atoms with Crippen LogP contribution in [0.1, 0.15) is 18.6 Å². The van der Waals surface area contributed by atoms with Gasteiger partial charge in [-0.2, -0.15) is 0 Å². The average molecular weight is 261 g/mol. The van der Waals surface area contributed by atoms with Gasteiger partial charge < -0.3 is 20.2 Å². The van der Waals surface area contributed by atoms with Crippen molar-refractivity contribution in [3.05, 3.63) is 29.8 Å². The Morgan fingerprint density at radius 1 is 1.32 bits per heavy atom. The zero-order valence-corrected chi connectivity index (χ0v) is 11.0. The summed E-state index contributed by atoms with van der Waals surface area (Å²) in [6, 6.07) is 8.35. The van der Waals surface area contributed by atoms with Gasteiger partial charge in [-0.1, -0.05) is 12.1 Å². The Bertz CT molecular complexity index is 472. The number of rotatable bonds is 2. The van der Waals surface area contributed by atoms with Crippen molar-refractivity contribution in [2.24, 2.45) is 0 Å². The van der Waals surface area contributed by atoms with E-state index < -0.39 is 6.10 Å². The second-order valence-corrected chi connectivity index (χ2v) is 5.25. The van der Waals surface area contributed by atoms with Crippen molar-refractivity contribution >= 4 is 11.7 Å². The third-order valence-corrected chi connectivity index (χ3v) is 3.97. The molecule has 1 aromatic rings. The average Bonchev–Trinajstić information content (AvgIpc) is 2.80. The van der Waals surface area contributed by atoms with E-state index in [4.69, 9.17) is 0 Å². The van der Waals surface area contributed by atoms with Crippen LogP contribution in [0.2, 0.25) is 0 Å². The van der Waals surface area contributed by atoms with Gasteiger partial charge in [0, 0.05) is 31.9 Å². The first-order chi connectivity index (χ1) is 9.15. The van der Waals surface area contributed by atoms with E-state index in [9.17, 15) is 9.90 Å². The third-order valence-electron chi connectivity index (χ3n) is 3.97. The number of carbonyl (C=O) groups is 1. The molecule has 5 nitrogen and oxygen atoms in total. The minimum atomic E-state index is -0.428. The molecule has 5 heteroatoms. The molecule has 2 saturated heterocycles. The standard InChI is InChI=1S/C14H19N3O2/c1-10(18)11-2-4-12(5-3-11)16-6-7-17-13(9-16)8-15-14(17)19/h2-5,10,13,18H,6-9H2,1H3,(H,15,19). The van der Waals surface area contributed by atoms with Crippen LogP contribution < -0.4 is 10.2 Å². The molecule has 2 unspecified atom stereocenters. The van der Waals surface area contributed by atoms with Crippen LogP contribution in [0.5, 0.6) is 0 Å². The van der Waals surface area contributed by atoms with Gasteiger partial charge >= 0.3 is 6.03 Å². The van der Waals surface area contributed by atoms with E-state index in [1.807, 2.05) is 29.2 Å². The molecule has 2 N–H and O–H groups in total. The highest BCUT2D eigenvalue weighted by Gasteiger charge is 2.35. The molecule has 2 heterocycles. The minimum Gasteiger partial charge on any atom is -0.389 e. The topological polar surface area (TPSA) is 55.8 Å². The predicted molar refractivity (Wildman–Crippen MR) is 73.2 cm³/mol. The van der Waals surface area contributed by atoms with Crippen molar-refractivity contribution in [3.63, 3.8) is 0 Å². The SMILES string of the molecule is CC(O)c1ccc(N2CCN3C(=O)NCC3C2)cc1. The summed E-state index contributed by atoms with van der Waals surface area (Å²) in [6.07, 6.45) is -0.428.